The summed E-state index contributed by atoms with van der Waals surface area (Å²) in [6.07, 6.45) is -0.494. The second kappa shape index (κ2) is 7.52. The Hall–Kier alpha value is -1.99. The molecule has 1 aromatic heterocycles. The zero-order valence-electron chi connectivity index (χ0n) is 13.0. The number of aliphatic hydroxyl groups is 1. The summed E-state index contributed by atoms with van der Waals surface area (Å²) in [6.45, 7) is 3.51. The molecular formula is C16H19FN2O3S. The Morgan fingerprint density at radius 1 is 1.39 bits per heavy atom. The fourth-order valence-electron chi connectivity index (χ4n) is 2.28. The number of rotatable bonds is 6. The number of amides is 1. The molecule has 2 unspecified atom stereocenters. The third-order valence-electron chi connectivity index (χ3n) is 3.52. The van der Waals surface area contributed by atoms with E-state index in [-0.39, 0.29) is 29.2 Å². The number of halogens is 1. The first kappa shape index (κ1) is 17.4. The molecule has 0 aliphatic heterocycles. The van der Waals surface area contributed by atoms with Crippen LogP contribution >= 0.6 is 11.3 Å². The van der Waals surface area contributed by atoms with Gasteiger partial charge in [-0.15, -0.1) is 0 Å². The van der Waals surface area contributed by atoms with Crippen LogP contribution in [-0.4, -0.2) is 21.6 Å². The SMILES string of the molecule is Cc1csc(=O)n1CC(=O)NC(C)CC(O)c1ccc(F)cc1. The standard InChI is InChI=1S/C16H19FN2O3S/c1-10(7-14(20)12-3-5-13(17)6-4-12)18-15(21)8-19-11(2)9-23-16(19)22/h3-6,9-10,14,20H,7-8H2,1-2H3,(H,18,21). The molecule has 7 heteroatoms. The van der Waals surface area contributed by atoms with E-state index < -0.39 is 6.10 Å². The predicted molar refractivity (Wildman–Crippen MR) is 86.9 cm³/mol. The Bertz CT molecular complexity index is 724. The summed E-state index contributed by atoms with van der Waals surface area (Å²) in [5.74, 6) is -0.647. The van der Waals surface area contributed by atoms with Gasteiger partial charge < -0.3 is 10.4 Å². The van der Waals surface area contributed by atoms with E-state index in [0.717, 1.165) is 17.0 Å². The molecule has 0 fully saturated rings. The van der Waals surface area contributed by atoms with Gasteiger partial charge in [-0.1, -0.05) is 23.5 Å². The van der Waals surface area contributed by atoms with E-state index in [2.05, 4.69) is 5.32 Å². The lowest BCUT2D eigenvalue weighted by Gasteiger charge is -2.18. The lowest BCUT2D eigenvalue weighted by molar-refractivity contribution is -0.122. The quantitative estimate of drug-likeness (QED) is 0.846. The number of hydrogen-bond acceptors (Lipinski definition) is 4. The van der Waals surface area contributed by atoms with Crippen LogP contribution in [0.2, 0.25) is 0 Å². The van der Waals surface area contributed by atoms with Crippen molar-refractivity contribution >= 4 is 17.2 Å². The minimum Gasteiger partial charge on any atom is -0.388 e. The smallest absolute Gasteiger partial charge is 0.307 e. The fraction of sp³-hybridized carbons (Fsp3) is 0.375. The third-order valence-corrected chi connectivity index (χ3v) is 4.40. The van der Waals surface area contributed by atoms with Crippen molar-refractivity contribution < 1.29 is 14.3 Å². The average Bonchev–Trinajstić information content (AvgIpc) is 2.79. The molecule has 2 rings (SSSR count). The fourth-order valence-corrected chi connectivity index (χ4v) is 3.01. The molecule has 23 heavy (non-hydrogen) atoms. The molecule has 1 aromatic carbocycles. The van der Waals surface area contributed by atoms with Gasteiger partial charge in [-0.05, 0) is 38.0 Å². The second-order valence-corrected chi connectivity index (χ2v) is 6.32. The molecule has 0 aliphatic rings. The summed E-state index contributed by atoms with van der Waals surface area (Å²) in [7, 11) is 0. The number of carbonyl (C=O) groups excluding carboxylic acids is 1. The summed E-state index contributed by atoms with van der Waals surface area (Å²) >= 11 is 1.06. The van der Waals surface area contributed by atoms with Crippen molar-refractivity contribution in [2.24, 2.45) is 0 Å². The van der Waals surface area contributed by atoms with Gasteiger partial charge in [0.25, 0.3) is 0 Å². The average molecular weight is 338 g/mol. The zero-order valence-corrected chi connectivity index (χ0v) is 13.8. The van der Waals surface area contributed by atoms with Crippen LogP contribution in [0.1, 0.15) is 30.7 Å². The Kier molecular flexibility index (Phi) is 5.68. The highest BCUT2D eigenvalue weighted by molar-refractivity contribution is 7.07. The highest BCUT2D eigenvalue weighted by Gasteiger charge is 2.15. The van der Waals surface area contributed by atoms with E-state index in [9.17, 15) is 19.1 Å². The van der Waals surface area contributed by atoms with E-state index in [0.29, 0.717) is 12.0 Å². The molecule has 0 saturated carbocycles. The van der Waals surface area contributed by atoms with Crippen LogP contribution in [-0.2, 0) is 11.3 Å². The van der Waals surface area contributed by atoms with Crippen LogP contribution < -0.4 is 10.2 Å². The van der Waals surface area contributed by atoms with Gasteiger partial charge in [-0.3, -0.25) is 14.2 Å². The summed E-state index contributed by atoms with van der Waals surface area (Å²) < 4.78 is 14.3. The molecular weight excluding hydrogens is 319 g/mol. The highest BCUT2D eigenvalue weighted by Crippen LogP contribution is 2.18. The van der Waals surface area contributed by atoms with E-state index >= 15 is 0 Å². The monoisotopic (exact) mass is 338 g/mol. The molecule has 0 saturated heterocycles. The van der Waals surface area contributed by atoms with E-state index in [1.54, 1.807) is 19.2 Å². The first-order valence-electron chi connectivity index (χ1n) is 7.24. The van der Waals surface area contributed by atoms with E-state index in [4.69, 9.17) is 0 Å². The van der Waals surface area contributed by atoms with Crippen LogP contribution in [0.15, 0.2) is 34.4 Å². The topological polar surface area (TPSA) is 71.3 Å². The maximum Gasteiger partial charge on any atom is 0.307 e. The van der Waals surface area contributed by atoms with Crippen LogP contribution in [0.25, 0.3) is 0 Å². The minimum absolute atomic E-state index is 0.0366. The second-order valence-electron chi connectivity index (χ2n) is 5.50. The van der Waals surface area contributed by atoms with Gasteiger partial charge in [0.15, 0.2) is 0 Å². The number of aromatic nitrogens is 1. The molecule has 2 N–H and O–H groups in total. The summed E-state index contributed by atoms with van der Waals surface area (Å²) in [4.78, 5) is 23.4. The molecule has 1 amide bonds. The number of nitrogens with zero attached hydrogens (tertiary/aromatic N) is 1. The molecule has 1 heterocycles. The number of carbonyl (C=O) groups is 1. The van der Waals surface area contributed by atoms with Gasteiger partial charge in [0.1, 0.15) is 12.4 Å². The molecule has 0 bridgehead atoms. The number of nitrogens with one attached hydrogen (secondary N) is 1. The van der Waals surface area contributed by atoms with Crippen molar-refractivity contribution in [3.63, 3.8) is 0 Å². The third kappa shape index (κ3) is 4.74. The molecule has 2 atom stereocenters. The van der Waals surface area contributed by atoms with Crippen LogP contribution in [0, 0.1) is 12.7 Å². The lowest BCUT2D eigenvalue weighted by atomic mass is 10.0. The van der Waals surface area contributed by atoms with Crippen molar-refractivity contribution in [2.75, 3.05) is 0 Å². The van der Waals surface area contributed by atoms with Crippen molar-refractivity contribution in [2.45, 2.75) is 39.0 Å². The van der Waals surface area contributed by atoms with E-state index in [1.807, 2.05) is 0 Å². The number of benzene rings is 1. The molecule has 124 valence electrons. The van der Waals surface area contributed by atoms with Gasteiger partial charge >= 0.3 is 4.87 Å². The van der Waals surface area contributed by atoms with E-state index in [1.165, 1.54) is 28.8 Å². The van der Waals surface area contributed by atoms with Gasteiger partial charge in [0.05, 0.1) is 6.10 Å². The summed E-state index contributed by atoms with van der Waals surface area (Å²) in [6, 6.07) is 5.32. The summed E-state index contributed by atoms with van der Waals surface area (Å²) in [5, 5.41) is 14.6. The zero-order chi connectivity index (χ0) is 17.0. The van der Waals surface area contributed by atoms with Crippen molar-refractivity contribution in [3.05, 3.63) is 56.4 Å². The minimum atomic E-state index is -0.795. The number of hydrogen-bond donors (Lipinski definition) is 2. The van der Waals surface area contributed by atoms with Crippen molar-refractivity contribution in [1.82, 2.24) is 9.88 Å². The van der Waals surface area contributed by atoms with Crippen molar-refractivity contribution in [3.8, 4) is 0 Å². The maximum atomic E-state index is 12.9. The normalized spacial score (nSPS) is 13.6. The highest BCUT2D eigenvalue weighted by atomic mass is 32.1. The van der Waals surface area contributed by atoms with Gasteiger partial charge in [0, 0.05) is 17.1 Å². The Morgan fingerprint density at radius 3 is 2.61 bits per heavy atom. The van der Waals surface area contributed by atoms with Crippen LogP contribution in [0.5, 0.6) is 0 Å². The van der Waals surface area contributed by atoms with Crippen molar-refractivity contribution in [1.29, 1.82) is 0 Å². The Morgan fingerprint density at radius 2 is 2.04 bits per heavy atom. The Labute approximate surface area is 137 Å². The first-order chi connectivity index (χ1) is 10.9. The maximum absolute atomic E-state index is 12.9. The number of aliphatic hydroxyl groups excluding tert-OH is 1. The molecule has 2 aromatic rings. The Balaban J connectivity index is 1.88. The first-order valence-corrected chi connectivity index (χ1v) is 8.12. The summed E-state index contributed by atoms with van der Waals surface area (Å²) in [5.41, 5.74) is 1.34. The van der Waals surface area contributed by atoms with Gasteiger partial charge in [-0.25, -0.2) is 4.39 Å². The number of aryl methyl sites for hydroxylation is 1. The molecule has 0 spiro atoms. The van der Waals surface area contributed by atoms with Gasteiger partial charge in [0.2, 0.25) is 5.91 Å². The molecule has 5 nitrogen and oxygen atoms in total. The largest absolute Gasteiger partial charge is 0.388 e. The lowest BCUT2D eigenvalue weighted by Crippen LogP contribution is -2.37. The predicted octanol–water partition coefficient (Wildman–Crippen LogP) is 1.99. The molecule has 0 radical (unpaired) electrons. The van der Waals surface area contributed by atoms with Crippen LogP contribution in [0.4, 0.5) is 4.39 Å². The molecule has 0 aliphatic carbocycles. The van der Waals surface area contributed by atoms with Gasteiger partial charge in [-0.2, -0.15) is 0 Å². The number of thiazole rings is 1. The van der Waals surface area contributed by atoms with Crippen LogP contribution in [0.3, 0.4) is 0 Å².